The van der Waals surface area contributed by atoms with Crippen molar-refractivity contribution >= 4 is 27.5 Å². The van der Waals surface area contributed by atoms with E-state index in [2.05, 4.69) is 26.2 Å². The number of aliphatic imine (C=N–C) groups is 1. The molecule has 0 unspecified atom stereocenters. The second-order valence-corrected chi connectivity index (χ2v) is 4.74. The van der Waals surface area contributed by atoms with Crippen LogP contribution in [0.25, 0.3) is 0 Å². The lowest BCUT2D eigenvalue weighted by molar-refractivity contribution is 0.628. The number of nitrogens with one attached hydrogen (secondary N) is 1. The van der Waals surface area contributed by atoms with Crippen LogP contribution >= 0.6 is 15.9 Å². The van der Waals surface area contributed by atoms with E-state index in [1.165, 1.54) is 18.6 Å². The standard InChI is InChI=1S/C12H14BrFN2/c13-10-6-5-9(14)8-11(10)16-12-4-2-1-3-7-15-12/h5-6,8H,1-4,7H2,(H,15,16). The predicted octanol–water partition coefficient (Wildman–Crippen LogP) is 3.97. The molecular weight excluding hydrogens is 271 g/mol. The number of rotatable bonds is 1. The van der Waals surface area contributed by atoms with E-state index in [0.29, 0.717) is 0 Å². The van der Waals surface area contributed by atoms with Crippen molar-refractivity contribution in [1.82, 2.24) is 0 Å². The summed E-state index contributed by atoms with van der Waals surface area (Å²) in [5, 5.41) is 3.19. The molecule has 1 aromatic rings. The second kappa shape index (κ2) is 5.43. The minimum Gasteiger partial charge on any atom is -0.343 e. The first-order chi connectivity index (χ1) is 7.75. The van der Waals surface area contributed by atoms with Gasteiger partial charge in [-0.15, -0.1) is 0 Å². The summed E-state index contributed by atoms with van der Waals surface area (Å²) in [6, 6.07) is 4.62. The van der Waals surface area contributed by atoms with Crippen molar-refractivity contribution in [3.63, 3.8) is 0 Å². The molecule has 0 radical (unpaired) electrons. The second-order valence-electron chi connectivity index (χ2n) is 3.89. The number of hydrogen-bond donors (Lipinski definition) is 1. The third kappa shape index (κ3) is 3.04. The smallest absolute Gasteiger partial charge is 0.125 e. The number of amidine groups is 1. The molecule has 2 rings (SSSR count). The summed E-state index contributed by atoms with van der Waals surface area (Å²) < 4.78 is 13.9. The van der Waals surface area contributed by atoms with Crippen molar-refractivity contribution in [1.29, 1.82) is 0 Å². The van der Waals surface area contributed by atoms with Crippen LogP contribution in [0.3, 0.4) is 0 Å². The lowest BCUT2D eigenvalue weighted by Gasteiger charge is -2.10. The van der Waals surface area contributed by atoms with Gasteiger partial charge < -0.3 is 5.32 Å². The van der Waals surface area contributed by atoms with Crippen LogP contribution < -0.4 is 5.32 Å². The Hall–Kier alpha value is -0.900. The van der Waals surface area contributed by atoms with E-state index < -0.39 is 0 Å². The first-order valence-corrected chi connectivity index (χ1v) is 6.30. The molecule has 4 heteroatoms. The van der Waals surface area contributed by atoms with Crippen LogP contribution in [0.4, 0.5) is 10.1 Å². The highest BCUT2D eigenvalue weighted by atomic mass is 79.9. The zero-order valence-electron chi connectivity index (χ0n) is 8.97. The fraction of sp³-hybridized carbons (Fsp3) is 0.417. The lowest BCUT2D eigenvalue weighted by Crippen LogP contribution is -2.12. The van der Waals surface area contributed by atoms with Gasteiger partial charge in [0, 0.05) is 17.4 Å². The molecule has 2 nitrogen and oxygen atoms in total. The Labute approximate surface area is 103 Å². The maximum atomic E-state index is 13.1. The molecule has 0 spiro atoms. The molecule has 0 amide bonds. The lowest BCUT2D eigenvalue weighted by atomic mass is 10.2. The Balaban J connectivity index is 2.13. The van der Waals surface area contributed by atoms with Crippen LogP contribution in [0.1, 0.15) is 25.7 Å². The summed E-state index contributed by atoms with van der Waals surface area (Å²) in [4.78, 5) is 4.45. The summed E-state index contributed by atoms with van der Waals surface area (Å²) in [5.74, 6) is 0.726. The molecule has 0 saturated carbocycles. The van der Waals surface area contributed by atoms with Crippen molar-refractivity contribution in [2.45, 2.75) is 25.7 Å². The number of halogens is 2. The maximum Gasteiger partial charge on any atom is 0.125 e. The Bertz CT molecular complexity index is 404. The van der Waals surface area contributed by atoms with E-state index in [4.69, 9.17) is 0 Å². The first kappa shape index (κ1) is 11.6. The number of hydrogen-bond acceptors (Lipinski definition) is 2. The van der Waals surface area contributed by atoms with Crippen LogP contribution in [-0.4, -0.2) is 12.4 Å². The van der Waals surface area contributed by atoms with Gasteiger partial charge in [0.1, 0.15) is 11.7 Å². The van der Waals surface area contributed by atoms with Gasteiger partial charge >= 0.3 is 0 Å². The third-order valence-corrected chi connectivity index (χ3v) is 3.27. The van der Waals surface area contributed by atoms with Crippen molar-refractivity contribution < 1.29 is 4.39 Å². The molecule has 0 atom stereocenters. The molecule has 0 aromatic heterocycles. The molecular formula is C12H14BrFN2. The monoisotopic (exact) mass is 284 g/mol. The molecule has 86 valence electrons. The van der Waals surface area contributed by atoms with Crippen LogP contribution in [0, 0.1) is 5.82 Å². The minimum atomic E-state index is -0.236. The molecule has 0 bridgehead atoms. The minimum absolute atomic E-state index is 0.236. The van der Waals surface area contributed by atoms with Crippen LogP contribution in [0.5, 0.6) is 0 Å². The van der Waals surface area contributed by atoms with Crippen molar-refractivity contribution in [2.75, 3.05) is 11.9 Å². The van der Waals surface area contributed by atoms with Gasteiger partial charge in [-0.05, 0) is 47.0 Å². The van der Waals surface area contributed by atoms with E-state index in [1.54, 1.807) is 6.07 Å². The molecule has 0 saturated heterocycles. The summed E-state index contributed by atoms with van der Waals surface area (Å²) in [7, 11) is 0. The third-order valence-electron chi connectivity index (χ3n) is 2.58. The van der Waals surface area contributed by atoms with Gasteiger partial charge in [0.25, 0.3) is 0 Å². The number of nitrogens with zero attached hydrogens (tertiary/aromatic N) is 1. The summed E-state index contributed by atoms with van der Waals surface area (Å²) in [6.45, 7) is 0.870. The normalized spacial score (nSPS) is 16.5. The van der Waals surface area contributed by atoms with Gasteiger partial charge in [-0.25, -0.2) is 4.39 Å². The Morgan fingerprint density at radius 3 is 3.00 bits per heavy atom. The van der Waals surface area contributed by atoms with E-state index in [0.717, 1.165) is 41.8 Å². The van der Waals surface area contributed by atoms with Gasteiger partial charge in [0.15, 0.2) is 0 Å². The molecule has 1 aliphatic rings. The van der Waals surface area contributed by atoms with Crippen molar-refractivity contribution in [3.05, 3.63) is 28.5 Å². The highest BCUT2D eigenvalue weighted by molar-refractivity contribution is 9.10. The summed E-state index contributed by atoms with van der Waals surface area (Å²) in [6.07, 6.45) is 4.47. The van der Waals surface area contributed by atoms with Crippen LogP contribution in [0.2, 0.25) is 0 Å². The fourth-order valence-corrected chi connectivity index (χ4v) is 2.07. The predicted molar refractivity (Wildman–Crippen MR) is 68.5 cm³/mol. The van der Waals surface area contributed by atoms with Crippen LogP contribution in [0.15, 0.2) is 27.7 Å². The largest absolute Gasteiger partial charge is 0.343 e. The van der Waals surface area contributed by atoms with Crippen molar-refractivity contribution in [3.8, 4) is 0 Å². The topological polar surface area (TPSA) is 24.4 Å². The van der Waals surface area contributed by atoms with E-state index in [9.17, 15) is 4.39 Å². The summed E-state index contributed by atoms with van der Waals surface area (Å²) in [5.41, 5.74) is 0.751. The Morgan fingerprint density at radius 2 is 2.12 bits per heavy atom. The molecule has 16 heavy (non-hydrogen) atoms. The zero-order chi connectivity index (χ0) is 11.4. The van der Waals surface area contributed by atoms with Gasteiger partial charge in [-0.2, -0.15) is 0 Å². The highest BCUT2D eigenvalue weighted by Crippen LogP contribution is 2.24. The van der Waals surface area contributed by atoms with E-state index in [1.807, 2.05) is 0 Å². The van der Waals surface area contributed by atoms with E-state index >= 15 is 0 Å². The first-order valence-electron chi connectivity index (χ1n) is 5.51. The molecule has 0 aliphatic carbocycles. The number of anilines is 1. The van der Waals surface area contributed by atoms with E-state index in [-0.39, 0.29) is 5.82 Å². The Kier molecular flexibility index (Phi) is 3.93. The SMILES string of the molecule is Fc1ccc(Br)c(NC2=NCCCCC2)c1. The average Bonchev–Trinajstić information content (AvgIpc) is 2.52. The van der Waals surface area contributed by atoms with Crippen molar-refractivity contribution in [2.24, 2.45) is 4.99 Å². The Morgan fingerprint density at radius 1 is 1.25 bits per heavy atom. The highest BCUT2D eigenvalue weighted by Gasteiger charge is 2.07. The molecule has 1 aromatic carbocycles. The molecule has 0 fully saturated rings. The van der Waals surface area contributed by atoms with Gasteiger partial charge in [-0.1, -0.05) is 6.42 Å². The molecule has 1 N–H and O–H groups in total. The number of benzene rings is 1. The summed E-state index contributed by atoms with van der Waals surface area (Å²) >= 11 is 3.39. The maximum absolute atomic E-state index is 13.1. The fourth-order valence-electron chi connectivity index (χ4n) is 1.72. The average molecular weight is 285 g/mol. The van der Waals surface area contributed by atoms with Crippen LogP contribution in [-0.2, 0) is 0 Å². The molecule has 1 heterocycles. The zero-order valence-corrected chi connectivity index (χ0v) is 10.6. The van der Waals surface area contributed by atoms with Gasteiger partial charge in [0.05, 0.1) is 5.69 Å². The quantitative estimate of drug-likeness (QED) is 0.829. The molecule has 1 aliphatic heterocycles. The van der Waals surface area contributed by atoms with Gasteiger partial charge in [0.2, 0.25) is 0 Å². The van der Waals surface area contributed by atoms with Gasteiger partial charge in [-0.3, -0.25) is 4.99 Å².